The van der Waals surface area contributed by atoms with Gasteiger partial charge in [-0.2, -0.15) is 0 Å². The maximum atomic E-state index is 10.2. The fraction of sp³-hybridized carbons (Fsp3) is 0.538. The summed E-state index contributed by atoms with van der Waals surface area (Å²) < 4.78 is 0.846. The van der Waals surface area contributed by atoms with E-state index in [9.17, 15) is 5.11 Å². The molecule has 3 N–H and O–H groups in total. The number of nitrogens with two attached hydrogens (primary N) is 1. The second-order valence-electron chi connectivity index (χ2n) is 5.15. The van der Waals surface area contributed by atoms with Gasteiger partial charge in [0.05, 0.1) is 4.47 Å². The second kappa shape index (κ2) is 4.04. The molecule has 3 heteroatoms. The molecule has 1 aliphatic rings. The van der Waals surface area contributed by atoms with Gasteiger partial charge in [-0.1, -0.05) is 0 Å². The molecule has 1 aromatic rings. The Bertz CT molecular complexity index is 421. The van der Waals surface area contributed by atoms with E-state index in [0.29, 0.717) is 5.75 Å². The first-order chi connectivity index (χ1) is 7.41. The Hall–Kier alpha value is -0.540. The van der Waals surface area contributed by atoms with Crippen LogP contribution in [0.3, 0.4) is 0 Å². The first kappa shape index (κ1) is 11.9. The molecule has 0 amide bonds. The van der Waals surface area contributed by atoms with Crippen molar-refractivity contribution in [1.82, 2.24) is 0 Å². The molecule has 1 aliphatic carbocycles. The molecule has 2 rings (SSSR count). The zero-order valence-electron chi connectivity index (χ0n) is 9.81. The highest BCUT2D eigenvalue weighted by Gasteiger charge is 2.25. The van der Waals surface area contributed by atoms with Gasteiger partial charge in [0.25, 0.3) is 0 Å². The molecule has 0 aliphatic heterocycles. The minimum Gasteiger partial charge on any atom is -0.506 e. The molecule has 1 aromatic carbocycles. The van der Waals surface area contributed by atoms with E-state index in [-0.39, 0.29) is 0 Å². The number of halogens is 1. The SMILES string of the molecule is CC(C)(N)c1cc2c(c(Br)c1O)CCCC2. The van der Waals surface area contributed by atoms with E-state index in [1.807, 2.05) is 13.8 Å². The predicted molar refractivity (Wildman–Crippen MR) is 69.7 cm³/mol. The zero-order chi connectivity index (χ0) is 11.9. The van der Waals surface area contributed by atoms with Gasteiger partial charge in [0, 0.05) is 11.1 Å². The van der Waals surface area contributed by atoms with E-state index in [1.165, 1.54) is 24.0 Å². The Morgan fingerprint density at radius 1 is 1.31 bits per heavy atom. The Kier molecular flexibility index (Phi) is 3.01. The highest BCUT2D eigenvalue weighted by Crippen LogP contribution is 2.40. The Balaban J connectivity index is 2.62. The summed E-state index contributed by atoms with van der Waals surface area (Å²) in [5.41, 5.74) is 9.01. The summed E-state index contributed by atoms with van der Waals surface area (Å²) in [6.07, 6.45) is 4.58. The largest absolute Gasteiger partial charge is 0.506 e. The summed E-state index contributed by atoms with van der Waals surface area (Å²) in [4.78, 5) is 0. The van der Waals surface area contributed by atoms with Crippen LogP contribution in [0.5, 0.6) is 5.75 Å². The summed E-state index contributed by atoms with van der Waals surface area (Å²) in [6, 6.07) is 2.08. The number of aromatic hydroxyl groups is 1. The number of aryl methyl sites for hydroxylation is 1. The number of hydrogen-bond acceptors (Lipinski definition) is 2. The van der Waals surface area contributed by atoms with Gasteiger partial charge >= 0.3 is 0 Å². The molecule has 0 saturated carbocycles. The quantitative estimate of drug-likeness (QED) is 0.831. The standard InChI is InChI=1S/C13H18BrNO/c1-13(2,15)10-7-8-5-3-4-6-9(8)11(14)12(10)16/h7,16H,3-6,15H2,1-2H3. The molecule has 0 atom stereocenters. The Morgan fingerprint density at radius 3 is 2.56 bits per heavy atom. The lowest BCUT2D eigenvalue weighted by Crippen LogP contribution is -2.29. The summed E-state index contributed by atoms with van der Waals surface area (Å²) in [5, 5.41) is 10.2. The first-order valence-corrected chi connectivity index (χ1v) is 6.53. The lowest BCUT2D eigenvalue weighted by molar-refractivity contribution is 0.434. The molecule has 0 bridgehead atoms. The third-order valence-corrected chi connectivity index (χ3v) is 4.11. The third-order valence-electron chi connectivity index (χ3n) is 3.25. The molecule has 16 heavy (non-hydrogen) atoms. The van der Waals surface area contributed by atoms with Crippen LogP contribution < -0.4 is 5.73 Å². The van der Waals surface area contributed by atoms with Crippen LogP contribution in [0.2, 0.25) is 0 Å². The van der Waals surface area contributed by atoms with Crippen LogP contribution in [0.25, 0.3) is 0 Å². The van der Waals surface area contributed by atoms with Crippen molar-refractivity contribution in [3.8, 4) is 5.75 Å². The van der Waals surface area contributed by atoms with E-state index < -0.39 is 5.54 Å². The van der Waals surface area contributed by atoms with Gasteiger partial charge < -0.3 is 10.8 Å². The van der Waals surface area contributed by atoms with Gasteiger partial charge in [-0.25, -0.2) is 0 Å². The van der Waals surface area contributed by atoms with E-state index in [1.54, 1.807) is 0 Å². The molecule has 0 aromatic heterocycles. The van der Waals surface area contributed by atoms with Gasteiger partial charge in [-0.15, -0.1) is 0 Å². The van der Waals surface area contributed by atoms with Crippen molar-refractivity contribution in [2.75, 3.05) is 0 Å². The topological polar surface area (TPSA) is 46.2 Å². The number of hydrogen-bond donors (Lipinski definition) is 2. The van der Waals surface area contributed by atoms with Crippen molar-refractivity contribution in [2.45, 2.75) is 45.1 Å². The van der Waals surface area contributed by atoms with Crippen LogP contribution >= 0.6 is 15.9 Å². The van der Waals surface area contributed by atoms with Crippen LogP contribution in [-0.4, -0.2) is 5.11 Å². The van der Waals surface area contributed by atoms with E-state index in [0.717, 1.165) is 22.9 Å². The summed E-state index contributed by atoms with van der Waals surface area (Å²) in [5.74, 6) is 0.313. The highest BCUT2D eigenvalue weighted by molar-refractivity contribution is 9.10. The van der Waals surface area contributed by atoms with Crippen molar-refractivity contribution in [3.05, 3.63) is 27.2 Å². The highest BCUT2D eigenvalue weighted by atomic mass is 79.9. The normalized spacial score (nSPS) is 16.0. The fourth-order valence-corrected chi connectivity index (χ4v) is 3.00. The molecule has 2 nitrogen and oxygen atoms in total. The molecule has 0 unspecified atom stereocenters. The van der Waals surface area contributed by atoms with Gasteiger partial charge in [-0.05, 0) is 72.7 Å². The maximum Gasteiger partial charge on any atom is 0.135 e. The van der Waals surface area contributed by atoms with Crippen LogP contribution in [0.15, 0.2) is 10.5 Å². The summed E-state index contributed by atoms with van der Waals surface area (Å²) in [6.45, 7) is 3.84. The van der Waals surface area contributed by atoms with Gasteiger partial charge in [0.1, 0.15) is 5.75 Å². The van der Waals surface area contributed by atoms with Crippen molar-refractivity contribution in [3.63, 3.8) is 0 Å². The van der Waals surface area contributed by atoms with Crippen LogP contribution in [-0.2, 0) is 18.4 Å². The van der Waals surface area contributed by atoms with Crippen molar-refractivity contribution >= 4 is 15.9 Å². The number of rotatable bonds is 1. The molecule has 0 radical (unpaired) electrons. The van der Waals surface area contributed by atoms with Crippen molar-refractivity contribution in [1.29, 1.82) is 0 Å². The minimum atomic E-state index is -0.501. The number of phenols is 1. The molecular formula is C13H18BrNO. The lowest BCUT2D eigenvalue weighted by Gasteiger charge is -2.26. The van der Waals surface area contributed by atoms with Gasteiger partial charge in [0.15, 0.2) is 0 Å². The van der Waals surface area contributed by atoms with Gasteiger partial charge in [-0.3, -0.25) is 0 Å². The number of phenolic OH excluding ortho intramolecular Hbond substituents is 1. The van der Waals surface area contributed by atoms with E-state index in [2.05, 4.69) is 22.0 Å². The third kappa shape index (κ3) is 1.98. The smallest absolute Gasteiger partial charge is 0.135 e. The maximum absolute atomic E-state index is 10.2. The second-order valence-corrected chi connectivity index (χ2v) is 5.95. The summed E-state index contributed by atoms with van der Waals surface area (Å²) >= 11 is 3.50. The van der Waals surface area contributed by atoms with E-state index >= 15 is 0 Å². The molecule has 0 fully saturated rings. The number of fused-ring (bicyclic) bond motifs is 1. The van der Waals surface area contributed by atoms with Crippen LogP contribution in [0.1, 0.15) is 43.4 Å². The lowest BCUT2D eigenvalue weighted by atomic mass is 9.85. The van der Waals surface area contributed by atoms with Crippen molar-refractivity contribution in [2.24, 2.45) is 5.73 Å². The number of benzene rings is 1. The summed E-state index contributed by atoms with van der Waals surface area (Å²) in [7, 11) is 0. The minimum absolute atomic E-state index is 0.313. The average Bonchev–Trinajstić information content (AvgIpc) is 2.22. The molecule has 88 valence electrons. The first-order valence-electron chi connectivity index (χ1n) is 5.74. The van der Waals surface area contributed by atoms with Crippen molar-refractivity contribution < 1.29 is 5.11 Å². The fourth-order valence-electron chi connectivity index (χ4n) is 2.33. The Labute approximate surface area is 105 Å². The van der Waals surface area contributed by atoms with E-state index in [4.69, 9.17) is 5.73 Å². The predicted octanol–water partition coefficient (Wildman–Crippen LogP) is 3.23. The van der Waals surface area contributed by atoms with Gasteiger partial charge in [0.2, 0.25) is 0 Å². The average molecular weight is 284 g/mol. The Morgan fingerprint density at radius 2 is 1.94 bits per heavy atom. The molecule has 0 spiro atoms. The molecule has 0 heterocycles. The van der Waals surface area contributed by atoms with Crippen LogP contribution in [0, 0.1) is 0 Å². The van der Waals surface area contributed by atoms with Crippen LogP contribution in [0.4, 0.5) is 0 Å². The monoisotopic (exact) mass is 283 g/mol. The molecular weight excluding hydrogens is 266 g/mol. The zero-order valence-corrected chi connectivity index (χ0v) is 11.4. The molecule has 0 saturated heterocycles.